The van der Waals surface area contributed by atoms with Crippen LogP contribution in [-0.2, 0) is 0 Å². The minimum Gasteiger partial charge on any atom is -0.305 e. The summed E-state index contributed by atoms with van der Waals surface area (Å²) in [4.78, 5) is 21.8. The minimum atomic E-state index is -0.538. The quantitative estimate of drug-likeness (QED) is 0.663. The second-order valence-electron chi connectivity index (χ2n) is 4.53. The summed E-state index contributed by atoms with van der Waals surface area (Å²) in [6.45, 7) is 1.64. The summed E-state index contributed by atoms with van der Waals surface area (Å²) in [5, 5.41) is 15.1. The molecule has 1 saturated heterocycles. The van der Waals surface area contributed by atoms with Gasteiger partial charge in [0.15, 0.2) is 0 Å². The minimum absolute atomic E-state index is 0.114. The Kier molecular flexibility index (Phi) is 4.75. The van der Waals surface area contributed by atoms with Crippen LogP contribution in [0.2, 0.25) is 5.02 Å². The van der Waals surface area contributed by atoms with Gasteiger partial charge in [-0.05, 0) is 18.9 Å². The van der Waals surface area contributed by atoms with E-state index in [1.165, 1.54) is 24.6 Å². The molecule has 2 rings (SSSR count). The maximum absolute atomic E-state index is 11.8. The Morgan fingerprint density at radius 3 is 2.60 bits per heavy atom. The number of piperidine rings is 1. The second kappa shape index (κ2) is 6.53. The van der Waals surface area contributed by atoms with Crippen molar-refractivity contribution in [2.24, 2.45) is 0 Å². The first-order valence-electron chi connectivity index (χ1n) is 6.33. The molecule has 0 spiro atoms. The predicted molar refractivity (Wildman–Crippen MR) is 75.7 cm³/mol. The van der Waals surface area contributed by atoms with E-state index in [-0.39, 0.29) is 10.7 Å². The van der Waals surface area contributed by atoms with E-state index >= 15 is 0 Å². The van der Waals surface area contributed by atoms with Gasteiger partial charge in [0.25, 0.3) is 5.69 Å². The summed E-state index contributed by atoms with van der Waals surface area (Å²) >= 11 is 5.90. The Morgan fingerprint density at radius 1 is 1.30 bits per heavy atom. The molecule has 1 aromatic carbocycles. The van der Waals surface area contributed by atoms with Gasteiger partial charge in [0.1, 0.15) is 0 Å². The van der Waals surface area contributed by atoms with Crippen molar-refractivity contribution >= 4 is 29.0 Å². The van der Waals surface area contributed by atoms with Crippen LogP contribution < -0.4 is 10.7 Å². The van der Waals surface area contributed by atoms with Crippen molar-refractivity contribution in [1.29, 1.82) is 0 Å². The van der Waals surface area contributed by atoms with Crippen LogP contribution in [0.5, 0.6) is 0 Å². The highest BCUT2D eigenvalue weighted by molar-refractivity contribution is 6.33. The first-order valence-corrected chi connectivity index (χ1v) is 6.70. The summed E-state index contributed by atoms with van der Waals surface area (Å²) in [5.41, 5.74) is 2.95. The molecule has 0 unspecified atom stereocenters. The van der Waals surface area contributed by atoms with E-state index in [1.54, 1.807) is 0 Å². The number of hydrogen-bond donors (Lipinski definition) is 2. The fourth-order valence-electron chi connectivity index (χ4n) is 2.02. The number of benzene rings is 1. The molecule has 0 radical (unpaired) electrons. The van der Waals surface area contributed by atoms with Gasteiger partial charge in [-0.25, -0.2) is 9.80 Å². The zero-order chi connectivity index (χ0) is 14.5. The largest absolute Gasteiger partial charge is 0.333 e. The highest BCUT2D eigenvalue weighted by Crippen LogP contribution is 2.26. The summed E-state index contributed by atoms with van der Waals surface area (Å²) in [5.74, 6) is 0. The lowest BCUT2D eigenvalue weighted by atomic mass is 10.2. The van der Waals surface area contributed by atoms with Crippen LogP contribution in [-0.4, -0.2) is 29.1 Å². The SMILES string of the molecule is O=C(Nc1ccc([N+](=O)[O-])cc1Cl)NN1CCCCC1. The van der Waals surface area contributed by atoms with Gasteiger partial charge in [0, 0.05) is 25.2 Å². The number of nitrogens with zero attached hydrogens (tertiary/aromatic N) is 2. The summed E-state index contributed by atoms with van der Waals surface area (Å²) < 4.78 is 0. The molecule has 2 N–H and O–H groups in total. The Hall–Kier alpha value is -1.86. The van der Waals surface area contributed by atoms with E-state index < -0.39 is 11.0 Å². The number of urea groups is 1. The summed E-state index contributed by atoms with van der Waals surface area (Å²) in [6, 6.07) is 3.51. The topological polar surface area (TPSA) is 87.5 Å². The van der Waals surface area contributed by atoms with Gasteiger partial charge in [0.05, 0.1) is 15.6 Å². The number of halogens is 1. The van der Waals surface area contributed by atoms with Gasteiger partial charge in [-0.3, -0.25) is 15.5 Å². The lowest BCUT2D eigenvalue weighted by Crippen LogP contribution is -2.46. The van der Waals surface area contributed by atoms with Crippen LogP contribution in [0.25, 0.3) is 0 Å². The molecule has 0 aromatic heterocycles. The standard InChI is InChI=1S/C12H15ClN4O3/c13-10-8-9(17(19)20)4-5-11(10)14-12(18)15-16-6-2-1-3-7-16/h4-5,8H,1-3,6-7H2,(H2,14,15,18). The Labute approximate surface area is 121 Å². The molecule has 1 heterocycles. The summed E-state index contributed by atoms with van der Waals surface area (Å²) in [6.07, 6.45) is 3.28. The van der Waals surface area contributed by atoms with E-state index in [0.29, 0.717) is 5.69 Å². The number of carbonyl (C=O) groups excluding carboxylic acids is 1. The zero-order valence-electron chi connectivity index (χ0n) is 10.8. The van der Waals surface area contributed by atoms with Crippen molar-refractivity contribution in [2.75, 3.05) is 18.4 Å². The number of nitro groups is 1. The third-order valence-corrected chi connectivity index (χ3v) is 3.34. The number of non-ortho nitro benzene ring substituents is 1. The molecule has 1 aliphatic heterocycles. The van der Waals surface area contributed by atoms with Gasteiger partial charge >= 0.3 is 6.03 Å². The van der Waals surface area contributed by atoms with Crippen LogP contribution in [0.3, 0.4) is 0 Å². The van der Waals surface area contributed by atoms with Crippen molar-refractivity contribution < 1.29 is 9.72 Å². The van der Waals surface area contributed by atoms with Crippen molar-refractivity contribution in [3.8, 4) is 0 Å². The van der Waals surface area contributed by atoms with Gasteiger partial charge in [0.2, 0.25) is 0 Å². The number of nitrogens with one attached hydrogen (secondary N) is 2. The third kappa shape index (κ3) is 3.82. The molecule has 0 bridgehead atoms. The van der Waals surface area contributed by atoms with Crippen LogP contribution >= 0.6 is 11.6 Å². The van der Waals surface area contributed by atoms with Crippen molar-refractivity contribution in [1.82, 2.24) is 10.4 Å². The molecule has 108 valence electrons. The highest BCUT2D eigenvalue weighted by Gasteiger charge is 2.15. The molecule has 20 heavy (non-hydrogen) atoms. The average molecular weight is 299 g/mol. The number of rotatable bonds is 3. The van der Waals surface area contributed by atoms with Crippen molar-refractivity contribution in [3.05, 3.63) is 33.3 Å². The van der Waals surface area contributed by atoms with Gasteiger partial charge in [-0.1, -0.05) is 18.0 Å². The molecule has 1 aliphatic rings. The van der Waals surface area contributed by atoms with E-state index in [1.807, 2.05) is 5.01 Å². The normalized spacial score (nSPS) is 15.7. The summed E-state index contributed by atoms with van der Waals surface area (Å²) in [7, 11) is 0. The first kappa shape index (κ1) is 14.5. The second-order valence-corrected chi connectivity index (χ2v) is 4.94. The fourth-order valence-corrected chi connectivity index (χ4v) is 2.24. The number of hydrogen-bond acceptors (Lipinski definition) is 4. The molecule has 7 nitrogen and oxygen atoms in total. The Bertz CT molecular complexity index is 517. The van der Waals surface area contributed by atoms with Crippen molar-refractivity contribution in [3.63, 3.8) is 0 Å². The Balaban J connectivity index is 1.95. The molecular formula is C12H15ClN4O3. The number of carbonyl (C=O) groups is 1. The molecule has 8 heteroatoms. The smallest absolute Gasteiger partial charge is 0.305 e. The van der Waals surface area contributed by atoms with Crippen LogP contribution in [0.1, 0.15) is 19.3 Å². The van der Waals surface area contributed by atoms with E-state index in [9.17, 15) is 14.9 Å². The monoisotopic (exact) mass is 298 g/mol. The lowest BCUT2D eigenvalue weighted by molar-refractivity contribution is -0.384. The van der Waals surface area contributed by atoms with Crippen LogP contribution in [0, 0.1) is 10.1 Å². The molecule has 0 atom stereocenters. The fraction of sp³-hybridized carbons (Fsp3) is 0.417. The van der Waals surface area contributed by atoms with E-state index in [0.717, 1.165) is 25.9 Å². The number of nitro benzene ring substituents is 1. The number of hydrazine groups is 1. The molecular weight excluding hydrogens is 284 g/mol. The lowest BCUT2D eigenvalue weighted by Gasteiger charge is -2.26. The van der Waals surface area contributed by atoms with Gasteiger partial charge in [-0.15, -0.1) is 0 Å². The highest BCUT2D eigenvalue weighted by atomic mass is 35.5. The van der Waals surface area contributed by atoms with Crippen LogP contribution in [0.15, 0.2) is 18.2 Å². The zero-order valence-corrected chi connectivity index (χ0v) is 11.5. The van der Waals surface area contributed by atoms with Crippen LogP contribution in [0.4, 0.5) is 16.2 Å². The van der Waals surface area contributed by atoms with Gasteiger partial charge < -0.3 is 5.32 Å². The number of amides is 2. The molecule has 2 amide bonds. The van der Waals surface area contributed by atoms with Crippen molar-refractivity contribution in [2.45, 2.75) is 19.3 Å². The average Bonchev–Trinajstić information content (AvgIpc) is 2.42. The van der Waals surface area contributed by atoms with E-state index in [4.69, 9.17) is 11.6 Å². The third-order valence-electron chi connectivity index (χ3n) is 3.03. The van der Waals surface area contributed by atoms with Gasteiger partial charge in [-0.2, -0.15) is 0 Å². The first-order chi connectivity index (χ1) is 9.56. The molecule has 1 aromatic rings. The molecule has 1 fully saturated rings. The number of anilines is 1. The van der Waals surface area contributed by atoms with E-state index in [2.05, 4.69) is 10.7 Å². The predicted octanol–water partition coefficient (Wildman–Crippen LogP) is 2.77. The maximum Gasteiger partial charge on any atom is 0.333 e. The molecule has 0 saturated carbocycles. The molecule has 0 aliphatic carbocycles. The Morgan fingerprint density at radius 2 is 2.00 bits per heavy atom. The maximum atomic E-state index is 11.8.